The van der Waals surface area contributed by atoms with Crippen LogP contribution in [0, 0.1) is 0 Å². The Bertz CT molecular complexity index is 66.6. The topological polar surface area (TPSA) is 0 Å². The average molecular weight is 116 g/mol. The molecule has 0 spiro atoms. The van der Waals surface area contributed by atoms with Crippen molar-refractivity contribution < 1.29 is 0 Å². The van der Waals surface area contributed by atoms with E-state index >= 15 is 0 Å². The maximum atomic E-state index is 3.85. The predicted molar refractivity (Wildman–Crippen MR) is 38.2 cm³/mol. The van der Waals surface area contributed by atoms with Gasteiger partial charge >= 0.3 is 0 Å². The van der Waals surface area contributed by atoms with Crippen LogP contribution < -0.4 is 0 Å². The Labute approximate surface area is 47.4 Å². The van der Waals surface area contributed by atoms with Gasteiger partial charge in [0.25, 0.3) is 0 Å². The second-order valence-corrected chi connectivity index (χ2v) is 4.54. The van der Waals surface area contributed by atoms with E-state index in [2.05, 4.69) is 27.1 Å². The van der Waals surface area contributed by atoms with Crippen LogP contribution >= 0.6 is 7.92 Å². The van der Waals surface area contributed by atoms with Crippen LogP contribution in [-0.4, -0.2) is 12.8 Å². The molecule has 0 bridgehead atoms. The van der Waals surface area contributed by atoms with Crippen molar-refractivity contribution in [3.05, 3.63) is 11.9 Å². The number of rotatable bonds is 2. The third-order valence-corrected chi connectivity index (χ3v) is 3.38. The maximum absolute atomic E-state index is 3.85. The molecule has 0 nitrogen and oxygen atoms in total. The third kappa shape index (κ3) is 2.82. The summed E-state index contributed by atoms with van der Waals surface area (Å²) in [6, 6.07) is 0. The van der Waals surface area contributed by atoms with Crippen LogP contribution in [0.2, 0.25) is 0 Å². The van der Waals surface area contributed by atoms with Crippen molar-refractivity contribution in [2.24, 2.45) is 0 Å². The van der Waals surface area contributed by atoms with Crippen molar-refractivity contribution in [3.8, 4) is 0 Å². The highest BCUT2D eigenvalue weighted by Gasteiger charge is 1.93. The van der Waals surface area contributed by atoms with Crippen LogP contribution in [0.4, 0.5) is 0 Å². The molecule has 0 saturated heterocycles. The molecule has 0 aromatic carbocycles. The first kappa shape index (κ1) is 7.17. The van der Waals surface area contributed by atoms with E-state index in [1.54, 1.807) is 0 Å². The molecule has 1 atom stereocenters. The van der Waals surface area contributed by atoms with Gasteiger partial charge in [0, 0.05) is 0 Å². The highest BCUT2D eigenvalue weighted by molar-refractivity contribution is 7.61. The largest absolute Gasteiger partial charge is 0.0956 e. The van der Waals surface area contributed by atoms with Gasteiger partial charge in [-0.05, 0) is 19.8 Å². The molecule has 1 heteroatoms. The van der Waals surface area contributed by atoms with Gasteiger partial charge in [-0.25, -0.2) is 0 Å². The minimum atomic E-state index is 0.168. The highest BCUT2D eigenvalue weighted by Crippen LogP contribution is 2.37. The summed E-state index contributed by atoms with van der Waals surface area (Å²) in [6.07, 6.45) is 1.28. The van der Waals surface area contributed by atoms with Crippen LogP contribution in [0.1, 0.15) is 13.8 Å². The Morgan fingerprint density at radius 1 is 1.71 bits per heavy atom. The van der Waals surface area contributed by atoms with E-state index in [-0.39, 0.29) is 7.92 Å². The van der Waals surface area contributed by atoms with Gasteiger partial charge in [-0.3, -0.25) is 0 Å². The summed E-state index contributed by atoms with van der Waals surface area (Å²) in [5.74, 6) is 0. The van der Waals surface area contributed by atoms with Crippen molar-refractivity contribution in [1.82, 2.24) is 0 Å². The standard InChI is InChI=1S/C6H13P/c1-5-7(4)6(2)3/h2,5H2,1,3-4H3. The Balaban J connectivity index is 3.34. The first-order valence-electron chi connectivity index (χ1n) is 2.55. The first-order chi connectivity index (χ1) is 3.18. The Morgan fingerprint density at radius 2 is 2.14 bits per heavy atom. The van der Waals surface area contributed by atoms with Crippen molar-refractivity contribution in [3.63, 3.8) is 0 Å². The molecule has 7 heavy (non-hydrogen) atoms. The molecule has 0 rings (SSSR count). The van der Waals surface area contributed by atoms with Crippen LogP contribution in [0.15, 0.2) is 11.9 Å². The highest BCUT2D eigenvalue weighted by atomic mass is 31.1. The fourth-order valence-corrected chi connectivity index (χ4v) is 0.810. The number of allylic oxidation sites excluding steroid dienone is 1. The van der Waals surface area contributed by atoms with Gasteiger partial charge in [0.05, 0.1) is 0 Å². The summed E-state index contributed by atoms with van der Waals surface area (Å²) in [6.45, 7) is 10.4. The van der Waals surface area contributed by atoms with Gasteiger partial charge in [0.15, 0.2) is 0 Å². The zero-order valence-electron chi connectivity index (χ0n) is 5.36. The molecule has 0 heterocycles. The lowest BCUT2D eigenvalue weighted by molar-refractivity contribution is 1.48. The SMILES string of the molecule is C=C(C)P(C)CC. The lowest BCUT2D eigenvalue weighted by Crippen LogP contribution is -1.73. The summed E-state index contributed by atoms with van der Waals surface area (Å²) >= 11 is 0. The van der Waals surface area contributed by atoms with Crippen LogP contribution in [-0.2, 0) is 0 Å². The molecule has 0 aromatic heterocycles. The molecule has 0 radical (unpaired) electrons. The quantitative estimate of drug-likeness (QED) is 0.486. The van der Waals surface area contributed by atoms with E-state index in [1.807, 2.05) is 0 Å². The second-order valence-electron chi connectivity index (χ2n) is 1.75. The second kappa shape index (κ2) is 3.21. The number of hydrogen-bond donors (Lipinski definition) is 0. The van der Waals surface area contributed by atoms with E-state index in [9.17, 15) is 0 Å². The predicted octanol–water partition coefficient (Wildman–Crippen LogP) is 2.65. The molecule has 0 fully saturated rings. The fourth-order valence-electron chi connectivity index (χ4n) is 0.270. The molecule has 0 aromatic rings. The van der Waals surface area contributed by atoms with Crippen LogP contribution in [0.3, 0.4) is 0 Å². The van der Waals surface area contributed by atoms with Gasteiger partial charge in [0.1, 0.15) is 0 Å². The molecular formula is C6H13P. The Hall–Kier alpha value is 0.170. The maximum Gasteiger partial charge on any atom is -0.0320 e. The summed E-state index contributed by atoms with van der Waals surface area (Å²) in [4.78, 5) is 0. The third-order valence-electron chi connectivity index (χ3n) is 1.13. The summed E-state index contributed by atoms with van der Waals surface area (Å²) in [5.41, 5.74) is 0. The smallest absolute Gasteiger partial charge is 0.0320 e. The average Bonchev–Trinajstić information content (AvgIpc) is 1.65. The zero-order chi connectivity index (χ0) is 5.86. The van der Waals surface area contributed by atoms with Crippen molar-refractivity contribution in [1.29, 1.82) is 0 Å². The van der Waals surface area contributed by atoms with E-state index in [1.165, 1.54) is 11.5 Å². The van der Waals surface area contributed by atoms with E-state index in [4.69, 9.17) is 0 Å². The molecule has 42 valence electrons. The molecule has 0 aliphatic rings. The Morgan fingerprint density at radius 3 is 2.14 bits per heavy atom. The van der Waals surface area contributed by atoms with Gasteiger partial charge in [-0.1, -0.05) is 26.7 Å². The van der Waals surface area contributed by atoms with Gasteiger partial charge in [-0.15, -0.1) is 0 Å². The lowest BCUT2D eigenvalue weighted by Gasteiger charge is -2.05. The monoisotopic (exact) mass is 116 g/mol. The number of hydrogen-bond acceptors (Lipinski definition) is 0. The molecule has 0 aliphatic carbocycles. The summed E-state index contributed by atoms with van der Waals surface area (Å²) in [5, 5.41) is 1.36. The van der Waals surface area contributed by atoms with Crippen molar-refractivity contribution in [2.75, 3.05) is 12.8 Å². The van der Waals surface area contributed by atoms with Gasteiger partial charge in [0.2, 0.25) is 0 Å². The van der Waals surface area contributed by atoms with Crippen LogP contribution in [0.25, 0.3) is 0 Å². The Kier molecular flexibility index (Phi) is 3.29. The van der Waals surface area contributed by atoms with Crippen molar-refractivity contribution >= 4 is 7.92 Å². The zero-order valence-corrected chi connectivity index (χ0v) is 6.26. The molecule has 1 unspecified atom stereocenters. The van der Waals surface area contributed by atoms with E-state index in [0.717, 1.165) is 0 Å². The first-order valence-corrected chi connectivity index (χ1v) is 4.52. The lowest BCUT2D eigenvalue weighted by atomic mass is 10.8. The van der Waals surface area contributed by atoms with Crippen molar-refractivity contribution in [2.45, 2.75) is 13.8 Å². The molecule has 0 saturated carbocycles. The summed E-state index contributed by atoms with van der Waals surface area (Å²) < 4.78 is 0. The summed E-state index contributed by atoms with van der Waals surface area (Å²) in [7, 11) is 0.168. The molecule has 0 N–H and O–H groups in total. The minimum Gasteiger partial charge on any atom is -0.0956 e. The van der Waals surface area contributed by atoms with Crippen LogP contribution in [0.5, 0.6) is 0 Å². The van der Waals surface area contributed by atoms with E-state index in [0.29, 0.717) is 0 Å². The minimum absolute atomic E-state index is 0.168. The van der Waals surface area contributed by atoms with E-state index < -0.39 is 0 Å². The molecular weight excluding hydrogens is 103 g/mol. The van der Waals surface area contributed by atoms with Gasteiger partial charge < -0.3 is 0 Å². The fraction of sp³-hybridized carbons (Fsp3) is 0.667. The van der Waals surface area contributed by atoms with Gasteiger partial charge in [-0.2, -0.15) is 0 Å². The molecule has 0 amide bonds. The normalized spacial score (nSPS) is 13.6. The molecule has 0 aliphatic heterocycles.